The number of likely N-dealkylation sites (N-methyl/N-ethyl adjacent to an activating group) is 1. The van der Waals surface area contributed by atoms with Gasteiger partial charge in [-0.25, -0.2) is 0 Å². The number of nitrogens with zero attached hydrogens (tertiary/aromatic N) is 1. The topological polar surface area (TPSA) is 41.5 Å². The highest BCUT2D eigenvalue weighted by molar-refractivity contribution is 5.96. The molecule has 0 fully saturated rings. The normalized spacial score (nSPS) is 29.1. The molecule has 0 aromatic rings. The van der Waals surface area contributed by atoms with E-state index in [1.54, 1.807) is 6.21 Å². The number of hydrogen-bond acceptors (Lipinski definition) is 3. The minimum absolute atomic E-state index is 0.160. The molecule has 0 radical (unpaired) electrons. The molecule has 1 N–H and O–H groups in total. The third kappa shape index (κ3) is 2.51. The number of aliphatic imine (C=N–C) groups is 1. The van der Waals surface area contributed by atoms with Gasteiger partial charge in [0.15, 0.2) is 5.78 Å². The van der Waals surface area contributed by atoms with E-state index in [0.717, 1.165) is 6.42 Å². The smallest absolute Gasteiger partial charge is 0.180 e. The summed E-state index contributed by atoms with van der Waals surface area (Å²) in [4.78, 5) is 15.7. The lowest BCUT2D eigenvalue weighted by atomic mass is 9.99. The monoisotopic (exact) mass is 194 g/mol. The number of allylic oxidation sites excluding steroid dienone is 1. The second-order valence-corrected chi connectivity index (χ2v) is 3.69. The number of hydrogen-bond donors (Lipinski definition) is 1. The molecule has 1 aliphatic carbocycles. The molecule has 0 amide bonds. The minimum atomic E-state index is 0.160. The highest BCUT2D eigenvalue weighted by atomic mass is 16.1. The molecular formula is C11H18N2O. The number of nitrogens with one attached hydrogen (secondary N) is 1. The van der Waals surface area contributed by atoms with Gasteiger partial charge in [-0.3, -0.25) is 9.79 Å². The summed E-state index contributed by atoms with van der Waals surface area (Å²) in [5, 5.41) is 3.20. The van der Waals surface area contributed by atoms with Crippen molar-refractivity contribution >= 4 is 12.0 Å². The summed E-state index contributed by atoms with van der Waals surface area (Å²) < 4.78 is 0. The zero-order valence-electron chi connectivity index (χ0n) is 9.08. The van der Waals surface area contributed by atoms with Gasteiger partial charge >= 0.3 is 0 Å². The first kappa shape index (κ1) is 11.1. The zero-order valence-corrected chi connectivity index (χ0v) is 9.08. The molecule has 0 aromatic carbocycles. The Bertz CT molecular complexity index is 268. The van der Waals surface area contributed by atoms with Crippen molar-refractivity contribution in [3.05, 3.63) is 11.8 Å². The Balaban J connectivity index is 2.91. The molecular weight excluding hydrogens is 176 g/mol. The number of ketones is 1. The molecule has 0 heterocycles. The van der Waals surface area contributed by atoms with Gasteiger partial charge in [-0.15, -0.1) is 0 Å². The molecule has 14 heavy (non-hydrogen) atoms. The first-order valence-corrected chi connectivity index (χ1v) is 5.10. The average Bonchev–Trinajstić information content (AvgIpc) is 2.31. The number of carbonyl (C=O) groups is 1. The number of rotatable bonds is 2. The summed E-state index contributed by atoms with van der Waals surface area (Å²) in [6.07, 6.45) is 5.17. The van der Waals surface area contributed by atoms with Crippen molar-refractivity contribution in [2.75, 3.05) is 7.05 Å². The highest BCUT2D eigenvalue weighted by Crippen LogP contribution is 2.20. The number of carbonyl (C=O) groups excluding carboxylic acids is 1. The van der Waals surface area contributed by atoms with Crippen molar-refractivity contribution in [2.24, 2.45) is 10.9 Å². The van der Waals surface area contributed by atoms with Crippen LogP contribution in [-0.4, -0.2) is 25.1 Å². The Labute approximate surface area is 85.3 Å². The second-order valence-electron chi connectivity index (χ2n) is 3.69. The Morgan fingerprint density at radius 1 is 1.64 bits per heavy atom. The fraction of sp³-hybridized carbons (Fsp3) is 0.636. The lowest BCUT2D eigenvalue weighted by Crippen LogP contribution is -2.29. The fourth-order valence-corrected chi connectivity index (χ4v) is 1.72. The van der Waals surface area contributed by atoms with Crippen molar-refractivity contribution in [3.63, 3.8) is 0 Å². The molecule has 0 saturated heterocycles. The Morgan fingerprint density at radius 2 is 2.36 bits per heavy atom. The summed E-state index contributed by atoms with van der Waals surface area (Å²) in [5.41, 5.74) is 0.608. The van der Waals surface area contributed by atoms with Crippen LogP contribution in [0.1, 0.15) is 26.7 Å². The predicted octanol–water partition coefficient (Wildman–Crippen LogP) is 1.55. The van der Waals surface area contributed by atoms with Crippen molar-refractivity contribution in [1.29, 1.82) is 0 Å². The summed E-state index contributed by atoms with van der Waals surface area (Å²) in [7, 11) is 1.92. The molecule has 78 valence electrons. The summed E-state index contributed by atoms with van der Waals surface area (Å²) in [5.74, 6) is 0.654. The lowest BCUT2D eigenvalue weighted by molar-refractivity contribution is -0.115. The maximum atomic E-state index is 11.6. The minimum Gasteiger partial charge on any atom is -0.313 e. The van der Waals surface area contributed by atoms with Crippen molar-refractivity contribution in [2.45, 2.75) is 32.7 Å². The molecule has 1 rings (SSSR count). The van der Waals surface area contributed by atoms with Gasteiger partial charge in [0.25, 0.3) is 0 Å². The lowest BCUT2D eigenvalue weighted by Gasteiger charge is -2.17. The van der Waals surface area contributed by atoms with E-state index < -0.39 is 0 Å². The van der Waals surface area contributed by atoms with Crippen LogP contribution in [0.25, 0.3) is 0 Å². The molecule has 2 atom stereocenters. The standard InChI is InChI=1S/C11H18N2O/c1-4-13-10-7-9(12-3)8(2)5-6-11(10)14/h4,7-9,12H,5-6H2,1-3H3/b13-4-. The molecule has 0 aliphatic heterocycles. The molecule has 0 aromatic heterocycles. The third-order valence-corrected chi connectivity index (χ3v) is 2.66. The van der Waals surface area contributed by atoms with Crippen molar-refractivity contribution in [1.82, 2.24) is 5.32 Å². The van der Waals surface area contributed by atoms with Crippen LogP contribution in [0.5, 0.6) is 0 Å². The van der Waals surface area contributed by atoms with Gasteiger partial charge in [-0.2, -0.15) is 0 Å². The maximum absolute atomic E-state index is 11.6. The van der Waals surface area contributed by atoms with E-state index in [4.69, 9.17) is 0 Å². The zero-order chi connectivity index (χ0) is 10.6. The van der Waals surface area contributed by atoms with Gasteiger partial charge in [0.05, 0.1) is 0 Å². The summed E-state index contributed by atoms with van der Waals surface area (Å²) in [6.45, 7) is 3.99. The Hall–Kier alpha value is -0.960. The van der Waals surface area contributed by atoms with Crippen LogP contribution in [0.4, 0.5) is 0 Å². The molecule has 1 aliphatic rings. The van der Waals surface area contributed by atoms with Gasteiger partial charge in [-0.05, 0) is 32.4 Å². The van der Waals surface area contributed by atoms with Gasteiger partial charge in [0.1, 0.15) is 5.70 Å². The van der Waals surface area contributed by atoms with Crippen LogP contribution in [-0.2, 0) is 4.79 Å². The first-order chi connectivity index (χ1) is 6.69. The molecule has 3 heteroatoms. The third-order valence-electron chi connectivity index (χ3n) is 2.66. The van der Waals surface area contributed by atoms with E-state index in [0.29, 0.717) is 18.0 Å². The summed E-state index contributed by atoms with van der Waals surface area (Å²) in [6, 6.07) is 0.264. The molecule has 0 spiro atoms. The van der Waals surface area contributed by atoms with E-state index in [-0.39, 0.29) is 11.8 Å². The van der Waals surface area contributed by atoms with Crippen LogP contribution >= 0.6 is 0 Å². The van der Waals surface area contributed by atoms with Gasteiger partial charge in [-0.1, -0.05) is 6.92 Å². The Kier molecular flexibility index (Phi) is 4.01. The van der Waals surface area contributed by atoms with Crippen molar-refractivity contribution in [3.8, 4) is 0 Å². The van der Waals surface area contributed by atoms with Crippen LogP contribution in [0.15, 0.2) is 16.8 Å². The maximum Gasteiger partial charge on any atom is 0.180 e. The van der Waals surface area contributed by atoms with Gasteiger partial charge in [0.2, 0.25) is 0 Å². The average molecular weight is 194 g/mol. The SMILES string of the molecule is C/C=N\C1=CC(NC)C(C)CCC1=O. The number of Topliss-reactive ketones (excluding diaryl/α,β-unsaturated/α-hetero) is 1. The summed E-state index contributed by atoms with van der Waals surface area (Å²) >= 11 is 0. The van der Waals surface area contributed by atoms with Crippen LogP contribution < -0.4 is 5.32 Å². The van der Waals surface area contributed by atoms with E-state index in [2.05, 4.69) is 17.2 Å². The molecule has 2 unspecified atom stereocenters. The molecule has 3 nitrogen and oxygen atoms in total. The van der Waals surface area contributed by atoms with Gasteiger partial charge in [0, 0.05) is 18.7 Å². The van der Waals surface area contributed by atoms with Crippen LogP contribution in [0, 0.1) is 5.92 Å². The molecule has 0 bridgehead atoms. The second kappa shape index (κ2) is 5.05. The van der Waals surface area contributed by atoms with Crippen LogP contribution in [0.3, 0.4) is 0 Å². The first-order valence-electron chi connectivity index (χ1n) is 5.10. The van der Waals surface area contributed by atoms with E-state index >= 15 is 0 Å². The fourth-order valence-electron chi connectivity index (χ4n) is 1.72. The van der Waals surface area contributed by atoms with E-state index in [1.165, 1.54) is 0 Å². The predicted molar refractivity (Wildman–Crippen MR) is 58.5 cm³/mol. The highest BCUT2D eigenvalue weighted by Gasteiger charge is 2.21. The molecule has 0 saturated carbocycles. The van der Waals surface area contributed by atoms with Crippen LogP contribution in [0.2, 0.25) is 0 Å². The van der Waals surface area contributed by atoms with Gasteiger partial charge < -0.3 is 5.32 Å². The van der Waals surface area contributed by atoms with E-state index in [1.807, 2.05) is 20.0 Å². The largest absolute Gasteiger partial charge is 0.313 e. The van der Waals surface area contributed by atoms with E-state index in [9.17, 15) is 4.79 Å². The Morgan fingerprint density at radius 3 is 2.93 bits per heavy atom. The quantitative estimate of drug-likeness (QED) is 0.678. The van der Waals surface area contributed by atoms with Crippen molar-refractivity contribution < 1.29 is 4.79 Å².